The number of nitrogens with one attached hydrogen (secondary N) is 1. The minimum Gasteiger partial charge on any atom is -0.493 e. The number of carbonyl (C=O) groups excluding carboxylic acids is 1. The molecule has 1 amide bonds. The quantitative estimate of drug-likeness (QED) is 0.777. The number of rotatable bonds is 6. The Morgan fingerprint density at radius 1 is 1.53 bits per heavy atom. The van der Waals surface area contributed by atoms with E-state index in [1.54, 1.807) is 7.05 Å². The zero-order chi connectivity index (χ0) is 12.7. The summed E-state index contributed by atoms with van der Waals surface area (Å²) in [6.45, 7) is 2.36. The van der Waals surface area contributed by atoms with Gasteiger partial charge in [-0.05, 0) is 31.0 Å². The van der Waals surface area contributed by atoms with Gasteiger partial charge in [-0.2, -0.15) is 0 Å². The minimum absolute atomic E-state index is 0.0169. The summed E-state index contributed by atoms with van der Waals surface area (Å²) in [7, 11) is 1.62. The number of hydrogen-bond donors (Lipinski definition) is 2. The van der Waals surface area contributed by atoms with Crippen molar-refractivity contribution < 1.29 is 9.53 Å². The van der Waals surface area contributed by atoms with Gasteiger partial charge < -0.3 is 15.8 Å². The highest BCUT2D eigenvalue weighted by Gasteiger charge is 2.02. The lowest BCUT2D eigenvalue weighted by atomic mass is 10.1. The maximum absolute atomic E-state index is 11.0. The first-order valence-electron chi connectivity index (χ1n) is 5.79. The summed E-state index contributed by atoms with van der Waals surface area (Å²) >= 11 is 0. The number of amides is 1. The Morgan fingerprint density at radius 3 is 2.94 bits per heavy atom. The van der Waals surface area contributed by atoms with Crippen LogP contribution in [-0.2, 0) is 11.2 Å². The van der Waals surface area contributed by atoms with Crippen molar-refractivity contribution in [2.75, 3.05) is 13.7 Å². The number of carbonyl (C=O) groups is 1. The molecular formula is C13H20N2O2. The van der Waals surface area contributed by atoms with E-state index in [1.807, 2.05) is 31.2 Å². The lowest BCUT2D eigenvalue weighted by molar-refractivity contribution is -0.121. The van der Waals surface area contributed by atoms with Crippen molar-refractivity contribution in [2.24, 2.45) is 5.73 Å². The van der Waals surface area contributed by atoms with Crippen molar-refractivity contribution in [2.45, 2.75) is 25.8 Å². The molecule has 0 aromatic heterocycles. The Morgan fingerprint density at radius 2 is 2.29 bits per heavy atom. The van der Waals surface area contributed by atoms with E-state index in [2.05, 4.69) is 5.32 Å². The normalized spacial score (nSPS) is 11.9. The van der Waals surface area contributed by atoms with Gasteiger partial charge in [0.05, 0.1) is 13.0 Å². The molecule has 0 heterocycles. The fourth-order valence-corrected chi connectivity index (χ4v) is 1.52. The topological polar surface area (TPSA) is 64.3 Å². The largest absolute Gasteiger partial charge is 0.493 e. The van der Waals surface area contributed by atoms with Gasteiger partial charge in [-0.15, -0.1) is 0 Å². The van der Waals surface area contributed by atoms with Crippen LogP contribution in [0.4, 0.5) is 0 Å². The molecule has 1 atom stereocenters. The third-order valence-corrected chi connectivity index (χ3v) is 2.33. The lowest BCUT2D eigenvalue weighted by Crippen LogP contribution is -2.20. The molecular weight excluding hydrogens is 216 g/mol. The van der Waals surface area contributed by atoms with Crippen LogP contribution in [0, 0.1) is 0 Å². The van der Waals surface area contributed by atoms with Crippen LogP contribution in [0.15, 0.2) is 24.3 Å². The first-order valence-corrected chi connectivity index (χ1v) is 5.79. The Kier molecular flexibility index (Phi) is 5.49. The van der Waals surface area contributed by atoms with Crippen molar-refractivity contribution in [3.05, 3.63) is 29.8 Å². The highest BCUT2D eigenvalue weighted by molar-refractivity contribution is 5.75. The minimum atomic E-state index is -0.0169. The maximum atomic E-state index is 11.0. The first kappa shape index (κ1) is 13.5. The summed E-state index contributed by atoms with van der Waals surface area (Å²) in [5.74, 6) is 0.767. The van der Waals surface area contributed by atoms with Crippen molar-refractivity contribution >= 4 is 5.91 Å². The van der Waals surface area contributed by atoms with Gasteiger partial charge in [-0.1, -0.05) is 12.1 Å². The van der Waals surface area contributed by atoms with E-state index in [0.717, 1.165) is 17.7 Å². The molecule has 0 aliphatic carbocycles. The third-order valence-electron chi connectivity index (χ3n) is 2.33. The summed E-state index contributed by atoms with van der Waals surface area (Å²) < 4.78 is 5.50. The highest BCUT2D eigenvalue weighted by atomic mass is 16.5. The second-order valence-corrected chi connectivity index (χ2v) is 4.10. The number of nitrogens with two attached hydrogens (primary N) is 1. The van der Waals surface area contributed by atoms with E-state index in [0.29, 0.717) is 13.0 Å². The van der Waals surface area contributed by atoms with Gasteiger partial charge in [-0.3, -0.25) is 4.79 Å². The van der Waals surface area contributed by atoms with E-state index < -0.39 is 0 Å². The fourth-order valence-electron chi connectivity index (χ4n) is 1.52. The van der Waals surface area contributed by atoms with Gasteiger partial charge >= 0.3 is 0 Å². The smallest absolute Gasteiger partial charge is 0.223 e. The Bertz CT molecular complexity index is 364. The third kappa shape index (κ3) is 5.36. The lowest BCUT2D eigenvalue weighted by Gasteiger charge is -2.09. The summed E-state index contributed by atoms with van der Waals surface area (Å²) in [5.41, 5.74) is 6.89. The number of ether oxygens (including phenoxy) is 1. The number of hydrogen-bond acceptors (Lipinski definition) is 3. The van der Waals surface area contributed by atoms with Gasteiger partial charge in [0.25, 0.3) is 0 Å². The van der Waals surface area contributed by atoms with Gasteiger partial charge in [0.2, 0.25) is 5.91 Å². The van der Waals surface area contributed by atoms with Gasteiger partial charge in [0.1, 0.15) is 5.75 Å². The molecule has 17 heavy (non-hydrogen) atoms. The van der Waals surface area contributed by atoms with Gasteiger partial charge in [-0.25, -0.2) is 0 Å². The average Bonchev–Trinajstić information content (AvgIpc) is 2.28. The van der Waals surface area contributed by atoms with Crippen LogP contribution in [0.3, 0.4) is 0 Å². The molecule has 4 nitrogen and oxygen atoms in total. The fraction of sp³-hybridized carbons (Fsp3) is 0.462. The van der Waals surface area contributed by atoms with E-state index in [-0.39, 0.29) is 11.9 Å². The van der Waals surface area contributed by atoms with E-state index >= 15 is 0 Å². The second-order valence-electron chi connectivity index (χ2n) is 4.10. The highest BCUT2D eigenvalue weighted by Crippen LogP contribution is 2.14. The Labute approximate surface area is 102 Å². The van der Waals surface area contributed by atoms with E-state index in [4.69, 9.17) is 10.5 Å². The predicted octanol–water partition coefficient (Wildman–Crippen LogP) is 1.09. The van der Waals surface area contributed by atoms with E-state index in [1.165, 1.54) is 0 Å². The first-order chi connectivity index (χ1) is 8.11. The van der Waals surface area contributed by atoms with Crippen LogP contribution < -0.4 is 15.8 Å². The molecule has 1 unspecified atom stereocenters. The predicted molar refractivity (Wildman–Crippen MR) is 68.0 cm³/mol. The molecule has 4 heteroatoms. The van der Waals surface area contributed by atoms with Gasteiger partial charge in [0, 0.05) is 13.1 Å². The van der Waals surface area contributed by atoms with Gasteiger partial charge in [0.15, 0.2) is 0 Å². The van der Waals surface area contributed by atoms with E-state index in [9.17, 15) is 4.79 Å². The van der Waals surface area contributed by atoms with Crippen molar-refractivity contribution in [3.63, 3.8) is 0 Å². The molecule has 0 bridgehead atoms. The molecule has 0 fully saturated rings. The van der Waals surface area contributed by atoms with Crippen LogP contribution >= 0.6 is 0 Å². The van der Waals surface area contributed by atoms with Crippen LogP contribution in [-0.4, -0.2) is 25.6 Å². The van der Waals surface area contributed by atoms with Crippen molar-refractivity contribution in [3.8, 4) is 5.75 Å². The van der Waals surface area contributed by atoms with Crippen LogP contribution in [0.2, 0.25) is 0 Å². The molecule has 0 spiro atoms. The Hall–Kier alpha value is -1.55. The molecule has 0 radical (unpaired) electrons. The zero-order valence-corrected chi connectivity index (χ0v) is 10.4. The van der Waals surface area contributed by atoms with Crippen LogP contribution in [0.1, 0.15) is 18.9 Å². The summed E-state index contributed by atoms with van der Waals surface area (Å²) in [6, 6.07) is 7.94. The van der Waals surface area contributed by atoms with Crippen molar-refractivity contribution in [1.29, 1.82) is 0 Å². The molecule has 0 saturated carbocycles. The Balaban J connectivity index is 2.45. The molecule has 0 aliphatic heterocycles. The van der Waals surface area contributed by atoms with Crippen LogP contribution in [0.25, 0.3) is 0 Å². The summed E-state index contributed by atoms with van der Waals surface area (Å²) in [4.78, 5) is 11.0. The standard InChI is InChI=1S/C13H20N2O2/c1-10(14)8-11-4-3-5-12(9-11)17-7-6-13(16)15-2/h3-5,9-10H,6-8,14H2,1-2H3,(H,15,16). The summed E-state index contributed by atoms with van der Waals surface area (Å²) in [6.07, 6.45) is 1.20. The molecule has 1 aromatic rings. The van der Waals surface area contributed by atoms with Crippen LogP contribution in [0.5, 0.6) is 5.75 Å². The zero-order valence-electron chi connectivity index (χ0n) is 10.4. The molecule has 1 rings (SSSR count). The summed E-state index contributed by atoms with van der Waals surface area (Å²) in [5, 5.41) is 2.55. The molecule has 3 N–H and O–H groups in total. The molecule has 0 saturated heterocycles. The SMILES string of the molecule is CNC(=O)CCOc1cccc(CC(C)N)c1. The van der Waals surface area contributed by atoms with Crippen molar-refractivity contribution in [1.82, 2.24) is 5.32 Å². The molecule has 0 aliphatic rings. The molecule has 94 valence electrons. The average molecular weight is 236 g/mol. The second kappa shape index (κ2) is 6.91. The monoisotopic (exact) mass is 236 g/mol. The number of benzene rings is 1. The molecule has 1 aromatic carbocycles. The maximum Gasteiger partial charge on any atom is 0.223 e.